The van der Waals surface area contributed by atoms with E-state index < -0.39 is 11.6 Å². The molecule has 0 aromatic rings. The van der Waals surface area contributed by atoms with Crippen molar-refractivity contribution in [3.05, 3.63) is 34.8 Å². The molecule has 4 aliphatic carbocycles. The number of rotatable bonds is 0. The molecule has 6 atom stereocenters. The highest BCUT2D eigenvalue weighted by molar-refractivity contribution is 7.85. The molecule has 4 heteroatoms. The number of allylic oxidation sites excluding steroid dienone is 5. The average molecular weight is 346 g/mol. The van der Waals surface area contributed by atoms with E-state index in [1.54, 1.807) is 6.08 Å². The fourth-order valence-electron chi connectivity index (χ4n) is 5.94. The number of Topliss-reactive ketones (excluding diaryl/α,β-unsaturated/α-hetero) is 1. The second-order valence-electron chi connectivity index (χ2n) is 8.40. The summed E-state index contributed by atoms with van der Waals surface area (Å²) in [7, 11) is 0. The third-order valence-corrected chi connectivity index (χ3v) is 7.85. The summed E-state index contributed by atoms with van der Waals surface area (Å²) in [6.45, 7) is 8.39. The monoisotopic (exact) mass is 346 g/mol. The van der Waals surface area contributed by atoms with Crippen LogP contribution in [-0.2, 0) is 9.59 Å². The minimum Gasteiger partial charge on any atom is -0.296 e. The Balaban J connectivity index is 1.81. The number of carbonyl (C=O) groups excluding carboxylic acids is 2. The number of hydrogen-bond donors (Lipinski definition) is 1. The number of hydrogen-bond acceptors (Lipinski definition) is 3. The number of halogens is 1. The van der Waals surface area contributed by atoms with Crippen LogP contribution in [0.15, 0.2) is 34.8 Å². The molecule has 0 aliphatic heterocycles. The van der Waals surface area contributed by atoms with Gasteiger partial charge in [0.2, 0.25) is 0 Å². The van der Waals surface area contributed by atoms with Crippen molar-refractivity contribution in [3.63, 3.8) is 0 Å². The molecule has 128 valence electrons. The van der Waals surface area contributed by atoms with Gasteiger partial charge in [0.25, 0.3) is 0 Å². The number of alkyl halides is 1. The van der Waals surface area contributed by atoms with Gasteiger partial charge in [-0.3, -0.25) is 9.59 Å². The van der Waals surface area contributed by atoms with Crippen molar-refractivity contribution in [2.24, 2.45) is 28.6 Å². The molecule has 0 amide bonds. The van der Waals surface area contributed by atoms with E-state index in [1.807, 2.05) is 13.0 Å². The Hall–Kier alpha value is -1.16. The van der Waals surface area contributed by atoms with Crippen LogP contribution in [0.5, 0.6) is 0 Å². The van der Waals surface area contributed by atoms with Crippen molar-refractivity contribution in [2.75, 3.05) is 0 Å². The van der Waals surface area contributed by atoms with E-state index >= 15 is 0 Å². The Bertz CT molecular complexity index is 736. The number of fused-ring (bicyclic) bond motifs is 5. The molecule has 0 heterocycles. The zero-order valence-corrected chi connectivity index (χ0v) is 15.0. The Morgan fingerprint density at radius 1 is 1.29 bits per heavy atom. The molecule has 0 spiro atoms. The van der Waals surface area contributed by atoms with Gasteiger partial charge in [0.15, 0.2) is 17.7 Å². The summed E-state index contributed by atoms with van der Waals surface area (Å²) in [5, 5.41) is 0. The highest BCUT2D eigenvalue weighted by Gasteiger charge is 2.62. The van der Waals surface area contributed by atoms with Crippen molar-refractivity contribution < 1.29 is 14.0 Å². The van der Waals surface area contributed by atoms with Crippen molar-refractivity contribution in [3.8, 4) is 0 Å². The molecule has 4 aliphatic rings. The van der Waals surface area contributed by atoms with Crippen LogP contribution in [0.3, 0.4) is 0 Å². The minimum atomic E-state index is -1.33. The lowest BCUT2D eigenvalue weighted by atomic mass is 9.47. The van der Waals surface area contributed by atoms with Gasteiger partial charge in [0, 0.05) is 10.8 Å². The summed E-state index contributed by atoms with van der Waals surface area (Å²) < 4.78 is 14.2. The first-order valence-electron chi connectivity index (χ1n) is 8.72. The van der Waals surface area contributed by atoms with Crippen molar-refractivity contribution in [1.29, 1.82) is 0 Å². The number of carbonyl (C=O) groups is 2. The highest BCUT2D eigenvalue weighted by Crippen LogP contribution is 2.65. The first-order valence-corrected chi connectivity index (χ1v) is 9.17. The SMILES string of the molecule is C=C1CC2=C(S)C(=O)C=C[C@]2(C)[C@H]2CC[C@]3(C)C(=O)[C@H](F)C[C@H]3[C@H]12. The molecule has 0 aromatic carbocycles. The molecule has 0 radical (unpaired) electrons. The van der Waals surface area contributed by atoms with Gasteiger partial charge in [0.1, 0.15) is 0 Å². The van der Waals surface area contributed by atoms with Crippen LogP contribution in [0.25, 0.3) is 0 Å². The summed E-state index contributed by atoms with van der Waals surface area (Å²) in [5.41, 5.74) is 1.30. The second-order valence-corrected chi connectivity index (χ2v) is 8.85. The van der Waals surface area contributed by atoms with Crippen LogP contribution in [0.1, 0.15) is 39.5 Å². The third kappa shape index (κ3) is 1.84. The van der Waals surface area contributed by atoms with Crippen molar-refractivity contribution >= 4 is 24.2 Å². The van der Waals surface area contributed by atoms with Gasteiger partial charge in [-0.15, -0.1) is 12.6 Å². The molecule has 0 aromatic heterocycles. The summed E-state index contributed by atoms with van der Waals surface area (Å²) >= 11 is 4.47. The molecule has 2 nitrogen and oxygen atoms in total. The fourth-order valence-corrected chi connectivity index (χ4v) is 6.33. The molecule has 4 rings (SSSR count). The van der Waals surface area contributed by atoms with E-state index in [4.69, 9.17) is 0 Å². The van der Waals surface area contributed by atoms with Crippen molar-refractivity contribution in [2.45, 2.75) is 45.7 Å². The highest BCUT2D eigenvalue weighted by atomic mass is 32.1. The van der Waals surface area contributed by atoms with Crippen LogP contribution in [0.2, 0.25) is 0 Å². The lowest BCUT2D eigenvalue weighted by Gasteiger charge is -2.56. The van der Waals surface area contributed by atoms with E-state index in [-0.39, 0.29) is 34.7 Å². The van der Waals surface area contributed by atoms with Gasteiger partial charge >= 0.3 is 0 Å². The third-order valence-electron chi connectivity index (χ3n) is 7.36. The first kappa shape index (κ1) is 16.3. The zero-order valence-electron chi connectivity index (χ0n) is 14.1. The average Bonchev–Trinajstić information content (AvgIpc) is 2.77. The van der Waals surface area contributed by atoms with Gasteiger partial charge in [0.05, 0.1) is 4.91 Å². The molecule has 0 N–H and O–H groups in total. The summed E-state index contributed by atoms with van der Waals surface area (Å²) in [4.78, 5) is 25.0. The molecule has 0 saturated heterocycles. The van der Waals surface area contributed by atoms with Crippen LogP contribution in [0.4, 0.5) is 4.39 Å². The Labute approximate surface area is 147 Å². The topological polar surface area (TPSA) is 34.1 Å². The maximum atomic E-state index is 14.2. The summed E-state index contributed by atoms with van der Waals surface area (Å²) in [6, 6.07) is 0. The summed E-state index contributed by atoms with van der Waals surface area (Å²) in [6.07, 6.45) is 4.83. The molecule has 0 unspecified atom stereocenters. The quantitative estimate of drug-likeness (QED) is 0.526. The number of thiol groups is 1. The molecule has 24 heavy (non-hydrogen) atoms. The Morgan fingerprint density at radius 2 is 2.00 bits per heavy atom. The van der Waals surface area contributed by atoms with Crippen molar-refractivity contribution in [1.82, 2.24) is 0 Å². The second kappa shape index (κ2) is 4.94. The van der Waals surface area contributed by atoms with E-state index in [0.29, 0.717) is 17.7 Å². The molecular weight excluding hydrogens is 323 g/mol. The molecule has 3 fully saturated rings. The van der Waals surface area contributed by atoms with Crippen LogP contribution >= 0.6 is 12.6 Å². The van der Waals surface area contributed by atoms with E-state index in [1.165, 1.54) is 0 Å². The normalized spacial score (nSPS) is 47.6. The predicted molar refractivity (Wildman–Crippen MR) is 94.4 cm³/mol. The van der Waals surface area contributed by atoms with Crippen LogP contribution in [-0.4, -0.2) is 17.7 Å². The molecular formula is C20H23FO2S. The molecule has 0 bridgehead atoms. The van der Waals surface area contributed by atoms with E-state index in [2.05, 4.69) is 26.1 Å². The lowest BCUT2D eigenvalue weighted by molar-refractivity contribution is -0.133. The van der Waals surface area contributed by atoms with Gasteiger partial charge in [-0.1, -0.05) is 32.1 Å². The van der Waals surface area contributed by atoms with E-state index in [9.17, 15) is 14.0 Å². The lowest BCUT2D eigenvalue weighted by Crippen LogP contribution is -2.50. The fraction of sp³-hybridized carbons (Fsp3) is 0.600. The first-order chi connectivity index (χ1) is 11.2. The molecule has 3 saturated carbocycles. The van der Waals surface area contributed by atoms with Crippen LogP contribution in [0, 0.1) is 28.6 Å². The van der Waals surface area contributed by atoms with Gasteiger partial charge in [-0.05, 0) is 55.1 Å². The zero-order chi connectivity index (χ0) is 17.4. The minimum absolute atomic E-state index is 0.0269. The van der Waals surface area contributed by atoms with E-state index in [0.717, 1.165) is 24.0 Å². The largest absolute Gasteiger partial charge is 0.296 e. The van der Waals surface area contributed by atoms with Gasteiger partial charge < -0.3 is 0 Å². The smallest absolute Gasteiger partial charge is 0.191 e. The van der Waals surface area contributed by atoms with Crippen LogP contribution < -0.4 is 0 Å². The van der Waals surface area contributed by atoms with Gasteiger partial charge in [-0.2, -0.15) is 0 Å². The van der Waals surface area contributed by atoms with Gasteiger partial charge in [-0.25, -0.2) is 4.39 Å². The summed E-state index contributed by atoms with van der Waals surface area (Å²) in [5.74, 6) is 0.170. The standard InChI is InChI=1S/C20H23FO2S/c1-10-8-13-17(24)15(22)5-7-19(13,2)11-4-6-20(3)12(16(10)11)9-14(21)18(20)23/h5,7,11-12,14,16,24H,1,4,6,8-9H2,2-3H3/t11-,12-,14+,16+,19+,20-/m0/s1. The Morgan fingerprint density at radius 3 is 2.71 bits per heavy atom. The number of ketones is 2. The predicted octanol–water partition coefficient (Wildman–Crippen LogP) is 4.24. The maximum absolute atomic E-state index is 14.2. The maximum Gasteiger partial charge on any atom is 0.191 e. The Kier molecular flexibility index (Phi) is 3.36.